The number of benzene rings is 1. The zero-order chi connectivity index (χ0) is 29.2. The number of hydrogen-bond acceptors (Lipinski definition) is 6. The van der Waals surface area contributed by atoms with Crippen LogP contribution in [0.1, 0.15) is 36.6 Å². The molecule has 1 fully saturated rings. The largest absolute Gasteiger partial charge is 0.418 e. The topological polar surface area (TPSA) is 66.0 Å². The van der Waals surface area contributed by atoms with Crippen LogP contribution >= 0.6 is 0 Å². The molecule has 1 aromatic carbocycles. The summed E-state index contributed by atoms with van der Waals surface area (Å²) >= 11 is 0. The molecule has 0 bridgehead atoms. The van der Waals surface area contributed by atoms with Gasteiger partial charge in [-0.1, -0.05) is 6.92 Å². The molecule has 5 rings (SSSR count). The summed E-state index contributed by atoms with van der Waals surface area (Å²) in [7, 11) is 0. The van der Waals surface area contributed by atoms with Crippen molar-refractivity contribution in [3.8, 4) is 11.4 Å². The molecule has 4 aromatic rings. The lowest BCUT2D eigenvalue weighted by Crippen LogP contribution is -2.37. The Kier molecular flexibility index (Phi) is 8.14. The van der Waals surface area contributed by atoms with Gasteiger partial charge >= 0.3 is 12.4 Å². The summed E-state index contributed by atoms with van der Waals surface area (Å²) in [5.74, 6) is 0. The zero-order valence-electron chi connectivity index (χ0n) is 22.2. The van der Waals surface area contributed by atoms with Crippen LogP contribution in [0.3, 0.4) is 0 Å². The van der Waals surface area contributed by atoms with Crippen LogP contribution in [-0.2, 0) is 18.9 Å². The number of rotatable bonds is 8. The zero-order valence-corrected chi connectivity index (χ0v) is 22.2. The molecule has 0 radical (unpaired) electrons. The molecule has 1 aliphatic heterocycles. The first-order valence-electron chi connectivity index (χ1n) is 13.2. The standard InChI is InChI=1S/C29H28F6N6/c1-2-41-14-4-5-21(41)17-36-16-20-15-25(38-19-9-7-18(8-10-19)28(30,31)32)22-11-12-24(40-27(22)39-20)26-23(29(33,34)35)6-3-13-37-26/h3,6-13,15,21,36H,2,4-5,14,16-17H2,1H3,(H,38,39,40). The number of likely N-dealkylation sites (N-methyl/N-ethyl adjacent to an activating group) is 1. The number of anilines is 2. The van der Waals surface area contributed by atoms with Crippen LogP contribution in [-0.4, -0.2) is 45.5 Å². The molecule has 3 aromatic heterocycles. The second-order valence-electron chi connectivity index (χ2n) is 9.88. The minimum Gasteiger partial charge on any atom is -0.355 e. The highest BCUT2D eigenvalue weighted by Crippen LogP contribution is 2.36. The van der Waals surface area contributed by atoms with Crippen LogP contribution in [0, 0.1) is 0 Å². The van der Waals surface area contributed by atoms with E-state index in [0.29, 0.717) is 35.0 Å². The van der Waals surface area contributed by atoms with Gasteiger partial charge in [-0.05, 0) is 80.5 Å². The second kappa shape index (κ2) is 11.6. The maximum absolute atomic E-state index is 13.7. The molecule has 1 aliphatic rings. The highest BCUT2D eigenvalue weighted by Gasteiger charge is 2.35. The molecular weight excluding hydrogens is 546 g/mol. The smallest absolute Gasteiger partial charge is 0.355 e. The van der Waals surface area contributed by atoms with Crippen molar-refractivity contribution in [2.24, 2.45) is 0 Å². The quantitative estimate of drug-likeness (QED) is 0.220. The number of hydrogen-bond donors (Lipinski definition) is 2. The third-order valence-electron chi connectivity index (χ3n) is 7.16. The molecule has 0 aliphatic carbocycles. The van der Waals surface area contributed by atoms with E-state index in [1.165, 1.54) is 30.5 Å². The molecule has 0 amide bonds. The van der Waals surface area contributed by atoms with Crippen molar-refractivity contribution < 1.29 is 26.3 Å². The lowest BCUT2D eigenvalue weighted by atomic mass is 10.1. The Balaban J connectivity index is 1.49. The fourth-order valence-corrected chi connectivity index (χ4v) is 5.13. The minimum atomic E-state index is -4.62. The summed E-state index contributed by atoms with van der Waals surface area (Å²) in [6.07, 6.45) is -5.60. The Morgan fingerprint density at radius 1 is 0.951 bits per heavy atom. The van der Waals surface area contributed by atoms with Gasteiger partial charge in [0.15, 0.2) is 5.65 Å². The summed E-state index contributed by atoms with van der Waals surface area (Å²) in [6.45, 7) is 5.25. The number of fused-ring (bicyclic) bond motifs is 1. The number of halogens is 6. The highest BCUT2D eigenvalue weighted by molar-refractivity contribution is 5.92. The summed E-state index contributed by atoms with van der Waals surface area (Å²) in [6, 6.07) is 11.9. The average molecular weight is 575 g/mol. The summed E-state index contributed by atoms with van der Waals surface area (Å²) in [4.78, 5) is 15.4. The van der Waals surface area contributed by atoms with Gasteiger partial charge in [-0.25, -0.2) is 9.97 Å². The van der Waals surface area contributed by atoms with E-state index < -0.39 is 23.5 Å². The molecule has 0 spiro atoms. The first kappa shape index (κ1) is 28.7. The number of likely N-dealkylation sites (tertiary alicyclic amines) is 1. The van der Waals surface area contributed by atoms with Gasteiger partial charge in [0.2, 0.25) is 0 Å². The Labute approximate surface area is 232 Å². The highest BCUT2D eigenvalue weighted by atomic mass is 19.4. The SMILES string of the molecule is CCN1CCCC1CNCc1cc(Nc2ccc(C(F)(F)F)cc2)c2ccc(-c3ncccc3C(F)(F)F)nc2n1. The Hall–Kier alpha value is -3.77. The van der Waals surface area contributed by atoms with Crippen molar-refractivity contribution in [1.82, 2.24) is 25.2 Å². The van der Waals surface area contributed by atoms with Gasteiger partial charge in [0.05, 0.1) is 28.2 Å². The molecular formula is C29H28F6N6. The average Bonchev–Trinajstić information content (AvgIpc) is 3.39. The first-order valence-corrected chi connectivity index (χ1v) is 13.2. The monoisotopic (exact) mass is 574 g/mol. The third-order valence-corrected chi connectivity index (χ3v) is 7.16. The second-order valence-corrected chi connectivity index (χ2v) is 9.88. The Morgan fingerprint density at radius 3 is 2.44 bits per heavy atom. The van der Waals surface area contributed by atoms with Gasteiger partial charge in [0.25, 0.3) is 0 Å². The van der Waals surface area contributed by atoms with Crippen molar-refractivity contribution in [1.29, 1.82) is 0 Å². The number of pyridine rings is 3. The van der Waals surface area contributed by atoms with E-state index in [4.69, 9.17) is 0 Å². The van der Waals surface area contributed by atoms with E-state index >= 15 is 0 Å². The first-order chi connectivity index (χ1) is 19.5. The normalized spacial score (nSPS) is 16.4. The van der Waals surface area contributed by atoms with E-state index in [1.54, 1.807) is 12.1 Å². The van der Waals surface area contributed by atoms with Crippen molar-refractivity contribution in [3.63, 3.8) is 0 Å². The van der Waals surface area contributed by atoms with Gasteiger partial charge in [0, 0.05) is 36.4 Å². The van der Waals surface area contributed by atoms with Crippen LogP contribution in [0.25, 0.3) is 22.4 Å². The van der Waals surface area contributed by atoms with Crippen LogP contribution in [0.4, 0.5) is 37.7 Å². The Morgan fingerprint density at radius 2 is 1.73 bits per heavy atom. The summed E-state index contributed by atoms with van der Waals surface area (Å²) in [5, 5.41) is 7.04. The molecule has 4 heterocycles. The number of aromatic nitrogens is 3. The predicted octanol–water partition coefficient (Wildman–Crippen LogP) is 7.05. The summed E-state index contributed by atoms with van der Waals surface area (Å²) in [5.41, 5.74) is -0.313. The molecule has 6 nitrogen and oxygen atoms in total. The van der Waals surface area contributed by atoms with Crippen molar-refractivity contribution >= 4 is 22.4 Å². The van der Waals surface area contributed by atoms with E-state index in [-0.39, 0.29) is 17.0 Å². The molecule has 12 heteroatoms. The molecule has 1 atom stereocenters. The lowest BCUT2D eigenvalue weighted by Gasteiger charge is -2.23. The molecule has 1 saturated heterocycles. The Bertz CT molecular complexity index is 1500. The van der Waals surface area contributed by atoms with E-state index in [1.807, 2.05) is 0 Å². The van der Waals surface area contributed by atoms with Crippen LogP contribution in [0.2, 0.25) is 0 Å². The molecule has 0 saturated carbocycles. The minimum absolute atomic E-state index is 0.00746. The number of alkyl halides is 6. The fourth-order valence-electron chi connectivity index (χ4n) is 5.13. The maximum Gasteiger partial charge on any atom is 0.418 e. The van der Waals surface area contributed by atoms with Crippen molar-refractivity contribution in [2.45, 2.75) is 44.7 Å². The molecule has 216 valence electrons. The summed E-state index contributed by atoms with van der Waals surface area (Å²) < 4.78 is 80.1. The lowest BCUT2D eigenvalue weighted by molar-refractivity contribution is -0.138. The maximum atomic E-state index is 13.7. The van der Waals surface area contributed by atoms with E-state index in [0.717, 1.165) is 50.7 Å². The molecule has 41 heavy (non-hydrogen) atoms. The predicted molar refractivity (Wildman–Crippen MR) is 144 cm³/mol. The van der Waals surface area contributed by atoms with Crippen LogP contribution in [0.15, 0.2) is 60.8 Å². The van der Waals surface area contributed by atoms with Gasteiger partial charge in [0.1, 0.15) is 5.69 Å². The number of nitrogens with zero attached hydrogens (tertiary/aromatic N) is 4. The van der Waals surface area contributed by atoms with Crippen molar-refractivity contribution in [2.75, 3.05) is 25.0 Å². The molecule has 2 N–H and O–H groups in total. The third kappa shape index (κ3) is 6.59. The van der Waals surface area contributed by atoms with Gasteiger partial charge < -0.3 is 10.6 Å². The van der Waals surface area contributed by atoms with E-state index in [2.05, 4.69) is 37.4 Å². The van der Waals surface area contributed by atoms with E-state index in [9.17, 15) is 26.3 Å². The number of nitrogens with one attached hydrogen (secondary N) is 2. The fraction of sp³-hybridized carbons (Fsp3) is 0.345. The van der Waals surface area contributed by atoms with Gasteiger partial charge in [-0.2, -0.15) is 26.3 Å². The van der Waals surface area contributed by atoms with Crippen LogP contribution in [0.5, 0.6) is 0 Å². The van der Waals surface area contributed by atoms with Crippen molar-refractivity contribution in [3.05, 3.63) is 77.6 Å². The van der Waals surface area contributed by atoms with Gasteiger partial charge in [-0.15, -0.1) is 0 Å². The van der Waals surface area contributed by atoms with Crippen LogP contribution < -0.4 is 10.6 Å². The molecule has 1 unspecified atom stereocenters. The van der Waals surface area contributed by atoms with Gasteiger partial charge in [-0.3, -0.25) is 9.88 Å².